The second kappa shape index (κ2) is 7.40. The molecule has 0 aliphatic carbocycles. The molecule has 0 unspecified atom stereocenters. The van der Waals surface area contributed by atoms with Gasteiger partial charge in [-0.25, -0.2) is 0 Å². The second-order valence-corrected chi connectivity index (χ2v) is 7.22. The normalized spacial score (nSPS) is 23.0. The van der Waals surface area contributed by atoms with Crippen molar-refractivity contribution in [2.75, 3.05) is 41.0 Å². The van der Waals surface area contributed by atoms with Gasteiger partial charge in [0.05, 0.1) is 26.5 Å². The lowest BCUT2D eigenvalue weighted by Gasteiger charge is -2.25. The van der Waals surface area contributed by atoms with Crippen molar-refractivity contribution in [2.24, 2.45) is 5.92 Å². The molecule has 2 amide bonds. The average Bonchev–Trinajstić information content (AvgIpc) is 3.46. The number of rotatable bonds is 5. The number of fused-ring (bicyclic) bond motifs is 1. The van der Waals surface area contributed by atoms with Crippen molar-refractivity contribution in [3.63, 3.8) is 0 Å². The maximum absolute atomic E-state index is 13.0. The largest absolute Gasteiger partial charge is 0.497 e. The molecule has 0 spiro atoms. The molecule has 0 bridgehead atoms. The van der Waals surface area contributed by atoms with Gasteiger partial charge in [-0.05, 0) is 24.6 Å². The highest BCUT2D eigenvalue weighted by Crippen LogP contribution is 2.40. The summed E-state index contributed by atoms with van der Waals surface area (Å²) in [6.07, 6.45) is 0.758. The Labute approximate surface area is 168 Å². The van der Waals surface area contributed by atoms with Crippen LogP contribution < -0.4 is 14.8 Å². The zero-order chi connectivity index (χ0) is 20.6. The molecular weight excluding hydrogens is 376 g/mol. The third kappa shape index (κ3) is 3.11. The number of aromatic amines is 1. The van der Waals surface area contributed by atoms with Crippen molar-refractivity contribution in [2.45, 2.75) is 12.0 Å². The molecule has 1 aromatic heterocycles. The summed E-state index contributed by atoms with van der Waals surface area (Å²) in [5, 5.41) is 9.76. The molecule has 2 fully saturated rings. The van der Waals surface area contributed by atoms with Gasteiger partial charge < -0.3 is 24.4 Å². The molecule has 29 heavy (non-hydrogen) atoms. The maximum Gasteiger partial charge on any atom is 0.272 e. The maximum atomic E-state index is 13.0. The number of likely N-dealkylation sites (N-methyl/N-ethyl adjacent to an activating group) is 1. The third-order valence-electron chi connectivity index (χ3n) is 5.74. The minimum atomic E-state index is -0.952. The second-order valence-electron chi connectivity index (χ2n) is 7.22. The first-order chi connectivity index (χ1) is 14.0. The molecule has 1 aromatic carbocycles. The highest BCUT2D eigenvalue weighted by Gasteiger charge is 2.57. The van der Waals surface area contributed by atoms with Crippen molar-refractivity contribution in [3.8, 4) is 22.8 Å². The Kier molecular flexibility index (Phi) is 4.91. The van der Waals surface area contributed by atoms with Crippen molar-refractivity contribution in [1.29, 1.82) is 0 Å². The van der Waals surface area contributed by atoms with Gasteiger partial charge in [-0.15, -0.1) is 0 Å². The number of carbonyl (C=O) groups excluding carboxylic acids is 2. The van der Waals surface area contributed by atoms with Crippen LogP contribution in [-0.2, 0) is 9.53 Å². The molecule has 0 radical (unpaired) electrons. The van der Waals surface area contributed by atoms with Crippen molar-refractivity contribution in [1.82, 2.24) is 20.4 Å². The topological polar surface area (TPSA) is 106 Å². The molecule has 0 saturated carbocycles. The van der Waals surface area contributed by atoms with E-state index in [1.165, 1.54) is 0 Å². The Balaban J connectivity index is 1.56. The van der Waals surface area contributed by atoms with E-state index >= 15 is 0 Å². The summed E-state index contributed by atoms with van der Waals surface area (Å²) in [5.41, 5.74) is 0.730. The smallest absolute Gasteiger partial charge is 0.272 e. The van der Waals surface area contributed by atoms with E-state index in [1.807, 2.05) is 6.07 Å². The number of ether oxygens (including phenoxy) is 3. The molecule has 154 valence electrons. The lowest BCUT2D eigenvalue weighted by atomic mass is 9.90. The van der Waals surface area contributed by atoms with E-state index in [9.17, 15) is 9.59 Å². The van der Waals surface area contributed by atoms with Crippen LogP contribution in [0.3, 0.4) is 0 Å². The van der Waals surface area contributed by atoms with Gasteiger partial charge in [0.25, 0.3) is 11.8 Å². The molecule has 2 aromatic rings. The fourth-order valence-electron chi connectivity index (χ4n) is 4.20. The summed E-state index contributed by atoms with van der Waals surface area (Å²) in [5.74, 6) is 0.870. The minimum Gasteiger partial charge on any atom is -0.497 e. The monoisotopic (exact) mass is 400 g/mol. The van der Waals surface area contributed by atoms with Crippen LogP contribution in [0.15, 0.2) is 24.3 Å². The van der Waals surface area contributed by atoms with E-state index in [2.05, 4.69) is 15.5 Å². The number of likely N-dealkylation sites (tertiary alicyclic amines) is 1. The van der Waals surface area contributed by atoms with Crippen LogP contribution in [0.2, 0.25) is 0 Å². The first-order valence-electron chi connectivity index (χ1n) is 9.45. The zero-order valence-corrected chi connectivity index (χ0v) is 16.7. The molecular formula is C20H24N4O5. The minimum absolute atomic E-state index is 0.00419. The SMILES string of the molecule is CNC(=O)[C@]12CN(C(=O)c3cc(-c4ccc(OC)cc4OC)n[nH]3)C[C@H]1CCO2. The van der Waals surface area contributed by atoms with E-state index in [-0.39, 0.29) is 24.3 Å². The number of H-pyrrole nitrogens is 1. The third-order valence-corrected chi connectivity index (χ3v) is 5.74. The summed E-state index contributed by atoms with van der Waals surface area (Å²) >= 11 is 0. The van der Waals surface area contributed by atoms with Gasteiger partial charge in [-0.3, -0.25) is 14.7 Å². The Bertz CT molecular complexity index is 943. The summed E-state index contributed by atoms with van der Waals surface area (Å²) in [4.78, 5) is 27.1. The van der Waals surface area contributed by atoms with Crippen molar-refractivity contribution in [3.05, 3.63) is 30.0 Å². The van der Waals surface area contributed by atoms with Gasteiger partial charge in [-0.2, -0.15) is 5.10 Å². The number of hydrogen-bond acceptors (Lipinski definition) is 6. The van der Waals surface area contributed by atoms with Gasteiger partial charge in [0.15, 0.2) is 5.60 Å². The number of amides is 2. The fourth-order valence-corrected chi connectivity index (χ4v) is 4.20. The van der Waals surface area contributed by atoms with Crippen molar-refractivity contribution >= 4 is 11.8 Å². The molecule has 2 aliphatic rings. The Morgan fingerprint density at radius 2 is 2.14 bits per heavy atom. The highest BCUT2D eigenvalue weighted by atomic mass is 16.5. The molecule has 2 atom stereocenters. The molecule has 2 aliphatic heterocycles. The van der Waals surface area contributed by atoms with E-state index in [0.29, 0.717) is 36.0 Å². The van der Waals surface area contributed by atoms with Gasteiger partial charge in [0.2, 0.25) is 0 Å². The summed E-state index contributed by atoms with van der Waals surface area (Å²) < 4.78 is 16.4. The first-order valence-corrected chi connectivity index (χ1v) is 9.45. The number of hydrogen-bond donors (Lipinski definition) is 2. The average molecular weight is 400 g/mol. The Morgan fingerprint density at radius 3 is 2.86 bits per heavy atom. The summed E-state index contributed by atoms with van der Waals surface area (Å²) in [6, 6.07) is 7.09. The summed E-state index contributed by atoms with van der Waals surface area (Å²) in [6.45, 7) is 1.24. The van der Waals surface area contributed by atoms with Gasteiger partial charge in [-0.1, -0.05) is 0 Å². The van der Waals surface area contributed by atoms with Crippen molar-refractivity contribution < 1.29 is 23.8 Å². The predicted molar refractivity (Wildman–Crippen MR) is 104 cm³/mol. The number of aromatic nitrogens is 2. The lowest BCUT2D eigenvalue weighted by molar-refractivity contribution is -0.141. The molecule has 9 nitrogen and oxygen atoms in total. The van der Waals surface area contributed by atoms with Crippen LogP contribution in [0.4, 0.5) is 0 Å². The van der Waals surface area contributed by atoms with Crippen LogP contribution >= 0.6 is 0 Å². The number of nitrogens with one attached hydrogen (secondary N) is 2. The number of nitrogens with zero attached hydrogens (tertiary/aromatic N) is 2. The van der Waals surface area contributed by atoms with E-state index in [0.717, 1.165) is 12.0 Å². The molecule has 2 saturated heterocycles. The highest BCUT2D eigenvalue weighted by molar-refractivity contribution is 5.95. The zero-order valence-electron chi connectivity index (χ0n) is 16.7. The Hall–Kier alpha value is -3.07. The van der Waals surface area contributed by atoms with E-state index in [1.54, 1.807) is 44.4 Å². The van der Waals surface area contributed by atoms with E-state index < -0.39 is 5.60 Å². The van der Waals surface area contributed by atoms with Gasteiger partial charge >= 0.3 is 0 Å². The quantitative estimate of drug-likeness (QED) is 0.778. The van der Waals surface area contributed by atoms with Crippen LogP contribution in [0.5, 0.6) is 11.5 Å². The van der Waals surface area contributed by atoms with Crippen LogP contribution in [0.25, 0.3) is 11.3 Å². The van der Waals surface area contributed by atoms with Crippen LogP contribution in [0.1, 0.15) is 16.9 Å². The molecule has 2 N–H and O–H groups in total. The van der Waals surface area contributed by atoms with Gasteiger partial charge in [0, 0.05) is 37.7 Å². The molecule has 4 rings (SSSR count). The lowest BCUT2D eigenvalue weighted by Crippen LogP contribution is -2.51. The number of benzene rings is 1. The van der Waals surface area contributed by atoms with E-state index in [4.69, 9.17) is 14.2 Å². The Morgan fingerprint density at radius 1 is 1.31 bits per heavy atom. The summed E-state index contributed by atoms with van der Waals surface area (Å²) in [7, 11) is 4.74. The first kappa shape index (κ1) is 19.3. The fraction of sp³-hybridized carbons (Fsp3) is 0.450. The van der Waals surface area contributed by atoms with Crippen LogP contribution in [0, 0.1) is 5.92 Å². The number of carbonyl (C=O) groups is 2. The standard InChI is InChI=1S/C20H24N4O5/c1-21-19(26)20-11-24(10-12(20)6-7-29-20)18(25)16-9-15(22-23-16)14-5-4-13(27-2)8-17(14)28-3/h4-5,8-9,12H,6-7,10-11H2,1-3H3,(H,21,26)(H,22,23)/t12-,20+/m1/s1. The predicted octanol–water partition coefficient (Wildman–Crippen LogP) is 1.07. The van der Waals surface area contributed by atoms with Crippen LogP contribution in [-0.4, -0.2) is 73.5 Å². The molecule has 3 heterocycles. The molecule has 9 heteroatoms. The van der Waals surface area contributed by atoms with Gasteiger partial charge in [0.1, 0.15) is 17.2 Å². The number of methoxy groups -OCH3 is 2.